The fourth-order valence-corrected chi connectivity index (χ4v) is 4.05. The number of carbonyl (C=O) groups excluding carboxylic acids is 1. The van der Waals surface area contributed by atoms with Crippen molar-refractivity contribution in [2.45, 2.75) is 38.3 Å². The average Bonchev–Trinajstić information content (AvgIpc) is 3.03. The lowest BCUT2D eigenvalue weighted by molar-refractivity contribution is -0.135. The SMILES string of the molecule is C[C@@H]1CC(=O)N(Cc2ccccc2)[C@H](CO)Cc2c1[nH]c1ccccc21. The van der Waals surface area contributed by atoms with Gasteiger partial charge in [-0.15, -0.1) is 0 Å². The van der Waals surface area contributed by atoms with E-state index in [1.54, 1.807) is 0 Å². The van der Waals surface area contributed by atoms with Gasteiger partial charge in [-0.3, -0.25) is 4.79 Å². The number of hydrogen-bond donors (Lipinski definition) is 2. The molecule has 26 heavy (non-hydrogen) atoms. The molecule has 0 bridgehead atoms. The minimum absolute atomic E-state index is 0.0358. The smallest absolute Gasteiger partial charge is 0.223 e. The highest BCUT2D eigenvalue weighted by Gasteiger charge is 2.31. The van der Waals surface area contributed by atoms with Gasteiger partial charge in [-0.25, -0.2) is 0 Å². The Bertz CT molecular complexity index is 916. The molecule has 134 valence electrons. The molecular formula is C22H24N2O2. The number of aromatic nitrogens is 1. The number of aliphatic hydroxyl groups excluding tert-OH is 1. The van der Waals surface area contributed by atoms with Gasteiger partial charge in [0.05, 0.1) is 12.6 Å². The summed E-state index contributed by atoms with van der Waals surface area (Å²) in [5.41, 5.74) is 4.56. The number of rotatable bonds is 3. The molecule has 2 N–H and O–H groups in total. The molecule has 0 saturated carbocycles. The van der Waals surface area contributed by atoms with Gasteiger partial charge in [0, 0.05) is 35.5 Å². The highest BCUT2D eigenvalue weighted by Crippen LogP contribution is 2.34. The van der Waals surface area contributed by atoms with Crippen LogP contribution in [0, 0.1) is 0 Å². The first-order chi connectivity index (χ1) is 12.7. The summed E-state index contributed by atoms with van der Waals surface area (Å²) in [5, 5.41) is 11.3. The Morgan fingerprint density at radius 2 is 1.81 bits per heavy atom. The van der Waals surface area contributed by atoms with Crippen LogP contribution < -0.4 is 0 Å². The molecule has 1 aliphatic rings. The highest BCUT2D eigenvalue weighted by atomic mass is 16.3. The summed E-state index contributed by atoms with van der Waals surface area (Å²) in [6.07, 6.45) is 1.11. The van der Waals surface area contributed by atoms with E-state index in [9.17, 15) is 9.90 Å². The van der Waals surface area contributed by atoms with Crippen molar-refractivity contribution in [3.63, 3.8) is 0 Å². The molecule has 4 rings (SSSR count). The molecule has 2 heterocycles. The van der Waals surface area contributed by atoms with Gasteiger partial charge in [-0.05, 0) is 23.6 Å². The molecular weight excluding hydrogens is 324 g/mol. The Morgan fingerprint density at radius 3 is 2.58 bits per heavy atom. The van der Waals surface area contributed by atoms with Crippen LogP contribution in [0.15, 0.2) is 54.6 Å². The molecule has 1 aromatic heterocycles. The van der Waals surface area contributed by atoms with Gasteiger partial charge in [0.25, 0.3) is 0 Å². The molecule has 1 amide bonds. The second-order valence-electron chi connectivity index (χ2n) is 7.22. The van der Waals surface area contributed by atoms with Gasteiger partial charge in [0.2, 0.25) is 5.91 Å². The Morgan fingerprint density at radius 1 is 1.08 bits per heavy atom. The summed E-state index contributed by atoms with van der Waals surface area (Å²) in [5.74, 6) is 0.229. The number of hydrogen-bond acceptors (Lipinski definition) is 2. The summed E-state index contributed by atoms with van der Waals surface area (Å²) in [7, 11) is 0. The predicted octanol–water partition coefficient (Wildman–Crippen LogP) is 3.61. The molecule has 2 aromatic carbocycles. The molecule has 0 spiro atoms. The van der Waals surface area contributed by atoms with Crippen LogP contribution >= 0.6 is 0 Å². The van der Waals surface area contributed by atoms with E-state index in [2.05, 4.69) is 24.0 Å². The molecule has 0 radical (unpaired) electrons. The van der Waals surface area contributed by atoms with E-state index in [1.807, 2.05) is 47.4 Å². The largest absolute Gasteiger partial charge is 0.394 e. The normalized spacial score (nSPS) is 20.7. The van der Waals surface area contributed by atoms with Gasteiger partial charge in [-0.2, -0.15) is 0 Å². The van der Waals surface area contributed by atoms with Crippen molar-refractivity contribution in [1.82, 2.24) is 9.88 Å². The van der Waals surface area contributed by atoms with Gasteiger partial charge in [0.1, 0.15) is 0 Å². The topological polar surface area (TPSA) is 56.3 Å². The first-order valence-electron chi connectivity index (χ1n) is 9.21. The second kappa shape index (κ2) is 6.96. The van der Waals surface area contributed by atoms with Crippen molar-refractivity contribution in [2.75, 3.05) is 6.61 Å². The quantitative estimate of drug-likeness (QED) is 0.760. The third-order valence-corrected chi connectivity index (χ3v) is 5.43. The third-order valence-electron chi connectivity index (χ3n) is 5.43. The zero-order valence-electron chi connectivity index (χ0n) is 15.0. The van der Waals surface area contributed by atoms with Gasteiger partial charge >= 0.3 is 0 Å². The Labute approximate surface area is 153 Å². The lowest BCUT2D eigenvalue weighted by atomic mass is 9.91. The van der Waals surface area contributed by atoms with Gasteiger partial charge < -0.3 is 15.0 Å². The summed E-state index contributed by atoms with van der Waals surface area (Å²) < 4.78 is 0. The lowest BCUT2D eigenvalue weighted by Crippen LogP contribution is -2.44. The van der Waals surface area contributed by atoms with Crippen molar-refractivity contribution in [3.05, 3.63) is 71.4 Å². The summed E-state index contributed by atoms with van der Waals surface area (Å²) >= 11 is 0. The molecule has 0 unspecified atom stereocenters. The van der Waals surface area contributed by atoms with E-state index in [0.29, 0.717) is 19.4 Å². The zero-order valence-corrected chi connectivity index (χ0v) is 15.0. The fourth-order valence-electron chi connectivity index (χ4n) is 4.05. The predicted molar refractivity (Wildman–Crippen MR) is 103 cm³/mol. The van der Waals surface area contributed by atoms with Crippen molar-refractivity contribution in [2.24, 2.45) is 0 Å². The number of aliphatic hydroxyl groups is 1. The van der Waals surface area contributed by atoms with Crippen LogP contribution in [-0.4, -0.2) is 33.5 Å². The van der Waals surface area contributed by atoms with Crippen LogP contribution in [0.25, 0.3) is 10.9 Å². The average molecular weight is 348 g/mol. The van der Waals surface area contributed by atoms with E-state index in [1.165, 1.54) is 10.9 Å². The maximum Gasteiger partial charge on any atom is 0.223 e. The van der Waals surface area contributed by atoms with Crippen molar-refractivity contribution >= 4 is 16.8 Å². The number of fused-ring (bicyclic) bond motifs is 3. The minimum atomic E-state index is -0.215. The number of nitrogens with zero attached hydrogens (tertiary/aromatic N) is 1. The summed E-state index contributed by atoms with van der Waals surface area (Å²) in [4.78, 5) is 18.3. The lowest BCUT2D eigenvalue weighted by Gasteiger charge is -2.34. The Balaban J connectivity index is 1.74. The third kappa shape index (κ3) is 3.01. The van der Waals surface area contributed by atoms with E-state index in [-0.39, 0.29) is 24.5 Å². The molecule has 2 atom stereocenters. The van der Waals surface area contributed by atoms with Gasteiger partial charge in [-0.1, -0.05) is 55.5 Å². The first kappa shape index (κ1) is 16.9. The fraction of sp³-hybridized carbons (Fsp3) is 0.318. The molecule has 1 aliphatic heterocycles. The number of carbonyl (C=O) groups is 1. The van der Waals surface area contributed by atoms with Crippen LogP contribution in [0.2, 0.25) is 0 Å². The number of para-hydroxylation sites is 1. The van der Waals surface area contributed by atoms with E-state index in [4.69, 9.17) is 0 Å². The number of H-pyrrole nitrogens is 1. The molecule has 3 aromatic rings. The second-order valence-corrected chi connectivity index (χ2v) is 7.22. The molecule has 0 fully saturated rings. The Kier molecular flexibility index (Phi) is 4.51. The monoisotopic (exact) mass is 348 g/mol. The highest BCUT2D eigenvalue weighted by molar-refractivity contribution is 5.86. The van der Waals surface area contributed by atoms with Crippen molar-refractivity contribution in [1.29, 1.82) is 0 Å². The molecule has 0 aliphatic carbocycles. The number of amides is 1. The van der Waals surface area contributed by atoms with E-state index in [0.717, 1.165) is 16.8 Å². The van der Waals surface area contributed by atoms with Crippen LogP contribution in [0.4, 0.5) is 0 Å². The molecule has 0 saturated heterocycles. The maximum absolute atomic E-state index is 13.0. The van der Waals surface area contributed by atoms with Crippen molar-refractivity contribution < 1.29 is 9.90 Å². The maximum atomic E-state index is 13.0. The zero-order chi connectivity index (χ0) is 18.1. The molecule has 4 heteroatoms. The van der Waals surface area contributed by atoms with Crippen LogP contribution in [0.3, 0.4) is 0 Å². The minimum Gasteiger partial charge on any atom is -0.394 e. The van der Waals surface area contributed by atoms with E-state index < -0.39 is 0 Å². The van der Waals surface area contributed by atoms with Crippen LogP contribution in [-0.2, 0) is 17.8 Å². The Hall–Kier alpha value is -2.59. The van der Waals surface area contributed by atoms with Crippen LogP contribution in [0.1, 0.15) is 36.1 Å². The number of nitrogens with one attached hydrogen (secondary N) is 1. The molecule has 4 nitrogen and oxygen atoms in total. The van der Waals surface area contributed by atoms with Crippen LogP contribution in [0.5, 0.6) is 0 Å². The van der Waals surface area contributed by atoms with Gasteiger partial charge in [0.15, 0.2) is 0 Å². The number of aromatic amines is 1. The standard InChI is InChI=1S/C22H24N2O2/c1-15-11-21(26)24(13-16-7-3-2-4-8-16)17(14-25)12-19-18-9-5-6-10-20(18)23-22(15)19/h2-10,15,17,23,25H,11-14H2,1H3/t15-,17+/m1/s1. The summed E-state index contributed by atoms with van der Waals surface area (Å²) in [6.45, 7) is 2.60. The van der Waals surface area contributed by atoms with E-state index >= 15 is 0 Å². The first-order valence-corrected chi connectivity index (χ1v) is 9.21. The van der Waals surface area contributed by atoms with Crippen molar-refractivity contribution in [3.8, 4) is 0 Å². The number of benzene rings is 2. The summed E-state index contributed by atoms with van der Waals surface area (Å²) in [6, 6.07) is 18.0.